The van der Waals surface area contributed by atoms with Crippen molar-refractivity contribution in [1.82, 2.24) is 9.97 Å². The minimum Gasteiger partial charge on any atom is -0.424 e. The van der Waals surface area contributed by atoms with Crippen LogP contribution in [0.1, 0.15) is 11.1 Å². The fraction of sp³-hybridized carbons (Fsp3) is 0.167. The van der Waals surface area contributed by atoms with Crippen molar-refractivity contribution < 1.29 is 4.74 Å². The van der Waals surface area contributed by atoms with Gasteiger partial charge < -0.3 is 10.5 Å². The van der Waals surface area contributed by atoms with Gasteiger partial charge in [-0.1, -0.05) is 6.07 Å². The van der Waals surface area contributed by atoms with Gasteiger partial charge in [0.1, 0.15) is 5.75 Å². The number of nitrogens with zero attached hydrogens (tertiary/aromatic N) is 2. The summed E-state index contributed by atoms with van der Waals surface area (Å²) in [6.45, 7) is 4.04. The number of anilines is 1. The first-order valence-corrected chi connectivity index (χ1v) is 4.97. The van der Waals surface area contributed by atoms with E-state index in [1.165, 1.54) is 12.4 Å². The summed E-state index contributed by atoms with van der Waals surface area (Å²) in [7, 11) is 0. The summed E-state index contributed by atoms with van der Waals surface area (Å²) in [5, 5.41) is 0. The third-order valence-corrected chi connectivity index (χ3v) is 2.05. The van der Waals surface area contributed by atoms with E-state index < -0.39 is 0 Å². The number of ether oxygens (including phenoxy) is 1. The van der Waals surface area contributed by atoms with Crippen LogP contribution in [0.5, 0.6) is 11.8 Å². The van der Waals surface area contributed by atoms with Gasteiger partial charge in [-0.3, -0.25) is 0 Å². The minimum atomic E-state index is 0.305. The Bertz CT molecular complexity index is 474. The van der Waals surface area contributed by atoms with Crippen LogP contribution in [0.2, 0.25) is 0 Å². The first kappa shape index (κ1) is 10.4. The number of aryl methyl sites for hydroxylation is 2. The Kier molecular flexibility index (Phi) is 2.72. The fourth-order valence-corrected chi connectivity index (χ4v) is 1.48. The van der Waals surface area contributed by atoms with Crippen LogP contribution in [0.25, 0.3) is 0 Å². The van der Waals surface area contributed by atoms with Gasteiger partial charge in [0.25, 0.3) is 0 Å². The van der Waals surface area contributed by atoms with Crippen LogP contribution >= 0.6 is 0 Å². The molecule has 2 aromatic rings. The largest absolute Gasteiger partial charge is 0.424 e. The highest BCUT2D eigenvalue weighted by atomic mass is 16.5. The van der Waals surface area contributed by atoms with Crippen LogP contribution in [0.4, 0.5) is 5.69 Å². The Hall–Kier alpha value is -2.10. The highest BCUT2D eigenvalue weighted by Gasteiger charge is 2.01. The molecule has 4 nitrogen and oxygen atoms in total. The van der Waals surface area contributed by atoms with Crippen molar-refractivity contribution in [1.29, 1.82) is 0 Å². The van der Waals surface area contributed by atoms with Crippen molar-refractivity contribution in [3.8, 4) is 11.8 Å². The van der Waals surface area contributed by atoms with Gasteiger partial charge in [0, 0.05) is 0 Å². The molecule has 0 fully saturated rings. The molecule has 1 aromatic carbocycles. The maximum Gasteiger partial charge on any atom is 0.322 e. The second-order valence-corrected chi connectivity index (χ2v) is 3.72. The number of hydrogen-bond donors (Lipinski definition) is 1. The predicted molar refractivity (Wildman–Crippen MR) is 62.4 cm³/mol. The van der Waals surface area contributed by atoms with E-state index in [0.29, 0.717) is 11.7 Å². The predicted octanol–water partition coefficient (Wildman–Crippen LogP) is 2.47. The quantitative estimate of drug-likeness (QED) is 0.835. The molecule has 0 radical (unpaired) electrons. The molecule has 82 valence electrons. The molecule has 0 saturated heterocycles. The lowest BCUT2D eigenvalue weighted by atomic mass is 10.1. The second kappa shape index (κ2) is 4.18. The van der Waals surface area contributed by atoms with Crippen molar-refractivity contribution in [3.05, 3.63) is 41.7 Å². The third-order valence-electron chi connectivity index (χ3n) is 2.05. The van der Waals surface area contributed by atoms with Gasteiger partial charge in [-0.05, 0) is 37.1 Å². The minimum absolute atomic E-state index is 0.305. The van der Waals surface area contributed by atoms with Gasteiger partial charge in [0.05, 0.1) is 18.1 Å². The molecule has 16 heavy (non-hydrogen) atoms. The zero-order valence-electron chi connectivity index (χ0n) is 9.27. The summed E-state index contributed by atoms with van der Waals surface area (Å²) in [6.07, 6.45) is 3.04. The molecule has 2 rings (SSSR count). The van der Waals surface area contributed by atoms with Crippen molar-refractivity contribution in [2.24, 2.45) is 0 Å². The standard InChI is InChI=1S/C12H13N3O/c1-8-3-9(2)5-11(4-8)16-12-14-6-10(13)7-15-12/h3-7H,13H2,1-2H3. The summed E-state index contributed by atoms with van der Waals surface area (Å²) < 4.78 is 5.52. The van der Waals surface area contributed by atoms with Gasteiger partial charge in [-0.25, -0.2) is 9.97 Å². The lowest BCUT2D eigenvalue weighted by Gasteiger charge is -2.05. The monoisotopic (exact) mass is 215 g/mol. The maximum atomic E-state index is 5.52. The molecule has 0 aliphatic heterocycles. The molecule has 4 heteroatoms. The number of nitrogens with two attached hydrogens (primary N) is 1. The topological polar surface area (TPSA) is 61.0 Å². The molecule has 0 aliphatic carbocycles. The summed E-state index contributed by atoms with van der Waals surface area (Å²) in [5.41, 5.74) is 8.30. The Labute approximate surface area is 94.1 Å². The normalized spacial score (nSPS) is 10.1. The van der Waals surface area contributed by atoms with Crippen molar-refractivity contribution in [3.63, 3.8) is 0 Å². The first-order valence-electron chi connectivity index (χ1n) is 4.97. The highest BCUT2D eigenvalue weighted by Crippen LogP contribution is 2.20. The zero-order valence-corrected chi connectivity index (χ0v) is 9.27. The first-order chi connectivity index (χ1) is 7.63. The summed E-state index contributed by atoms with van der Waals surface area (Å²) in [6, 6.07) is 6.26. The van der Waals surface area contributed by atoms with Crippen LogP contribution in [-0.4, -0.2) is 9.97 Å². The smallest absolute Gasteiger partial charge is 0.322 e. The molecular formula is C12H13N3O. The van der Waals surface area contributed by atoms with E-state index in [1.54, 1.807) is 0 Å². The van der Waals surface area contributed by atoms with E-state index in [1.807, 2.05) is 26.0 Å². The van der Waals surface area contributed by atoms with Gasteiger partial charge in [0.2, 0.25) is 0 Å². The van der Waals surface area contributed by atoms with Crippen molar-refractivity contribution in [2.75, 3.05) is 5.73 Å². The van der Waals surface area contributed by atoms with E-state index in [2.05, 4.69) is 16.0 Å². The zero-order chi connectivity index (χ0) is 11.5. The average Bonchev–Trinajstić information content (AvgIpc) is 2.20. The fourth-order valence-electron chi connectivity index (χ4n) is 1.48. The number of rotatable bonds is 2. The average molecular weight is 215 g/mol. The van der Waals surface area contributed by atoms with Gasteiger partial charge >= 0.3 is 6.01 Å². The van der Waals surface area contributed by atoms with Crippen molar-refractivity contribution >= 4 is 5.69 Å². The Balaban J connectivity index is 2.23. The molecule has 0 unspecified atom stereocenters. The second-order valence-electron chi connectivity index (χ2n) is 3.72. The number of aromatic nitrogens is 2. The Morgan fingerprint density at radius 3 is 2.12 bits per heavy atom. The summed E-state index contributed by atoms with van der Waals surface area (Å²) >= 11 is 0. The summed E-state index contributed by atoms with van der Waals surface area (Å²) in [4.78, 5) is 7.95. The van der Waals surface area contributed by atoms with Crippen LogP contribution in [-0.2, 0) is 0 Å². The van der Waals surface area contributed by atoms with Crippen LogP contribution in [0, 0.1) is 13.8 Å². The van der Waals surface area contributed by atoms with E-state index >= 15 is 0 Å². The molecule has 1 heterocycles. The lowest BCUT2D eigenvalue weighted by molar-refractivity contribution is 0.441. The van der Waals surface area contributed by atoms with Gasteiger partial charge in [0.15, 0.2) is 0 Å². The van der Waals surface area contributed by atoms with Crippen molar-refractivity contribution in [2.45, 2.75) is 13.8 Å². The molecule has 1 aromatic heterocycles. The molecule has 2 N–H and O–H groups in total. The molecule has 0 amide bonds. The molecule has 0 saturated carbocycles. The van der Waals surface area contributed by atoms with E-state index in [4.69, 9.17) is 10.5 Å². The van der Waals surface area contributed by atoms with Crippen LogP contribution < -0.4 is 10.5 Å². The molecule has 0 aliphatic rings. The maximum absolute atomic E-state index is 5.52. The number of nitrogen functional groups attached to an aromatic ring is 1. The van der Waals surface area contributed by atoms with E-state index in [-0.39, 0.29) is 0 Å². The molecule has 0 bridgehead atoms. The highest BCUT2D eigenvalue weighted by molar-refractivity contribution is 5.35. The molecule has 0 atom stereocenters. The molecular weight excluding hydrogens is 202 g/mol. The molecule has 0 spiro atoms. The lowest BCUT2D eigenvalue weighted by Crippen LogP contribution is -1.94. The van der Waals surface area contributed by atoms with E-state index in [9.17, 15) is 0 Å². The van der Waals surface area contributed by atoms with Gasteiger partial charge in [-0.2, -0.15) is 0 Å². The SMILES string of the molecule is Cc1cc(C)cc(Oc2ncc(N)cn2)c1. The Morgan fingerprint density at radius 2 is 1.56 bits per heavy atom. The number of benzene rings is 1. The summed E-state index contributed by atoms with van der Waals surface area (Å²) in [5.74, 6) is 0.738. The Morgan fingerprint density at radius 1 is 1.00 bits per heavy atom. The van der Waals surface area contributed by atoms with E-state index in [0.717, 1.165) is 16.9 Å². The number of hydrogen-bond acceptors (Lipinski definition) is 4. The van der Waals surface area contributed by atoms with Gasteiger partial charge in [-0.15, -0.1) is 0 Å². The third kappa shape index (κ3) is 2.48. The van der Waals surface area contributed by atoms with Crippen LogP contribution in [0.3, 0.4) is 0 Å². The van der Waals surface area contributed by atoms with Crippen LogP contribution in [0.15, 0.2) is 30.6 Å².